The fourth-order valence-corrected chi connectivity index (χ4v) is 4.48. The molecule has 0 aromatic carbocycles. The minimum absolute atomic E-state index is 0.0330. The van der Waals surface area contributed by atoms with Gasteiger partial charge in [-0.15, -0.1) is 11.3 Å². The normalized spacial score (nSPS) is 20.0. The van der Waals surface area contributed by atoms with Gasteiger partial charge in [0.2, 0.25) is 5.91 Å². The summed E-state index contributed by atoms with van der Waals surface area (Å²) in [7, 11) is 1.55. The molecule has 142 valence electrons. The van der Waals surface area contributed by atoms with Crippen molar-refractivity contribution in [3.63, 3.8) is 0 Å². The van der Waals surface area contributed by atoms with E-state index in [0.717, 1.165) is 10.7 Å². The number of carbonyl (C=O) groups excluding carboxylic acids is 3. The lowest BCUT2D eigenvalue weighted by Gasteiger charge is -2.42. The van der Waals surface area contributed by atoms with Gasteiger partial charge < -0.3 is 9.80 Å². The molecule has 26 heavy (non-hydrogen) atoms. The Morgan fingerprint density at radius 1 is 1.31 bits per heavy atom. The van der Waals surface area contributed by atoms with E-state index in [0.29, 0.717) is 38.9 Å². The van der Waals surface area contributed by atoms with Crippen LogP contribution in [0.25, 0.3) is 0 Å². The number of hydrogen-bond acceptors (Lipinski definition) is 5. The SMILES string of the molecule is Cc1nc(CC(=O)N2CCC3(CC2)C(=O)N(C)C(=O)N3CC(C)C)cs1. The Labute approximate surface area is 158 Å². The number of hydrogen-bond donors (Lipinski definition) is 0. The van der Waals surface area contributed by atoms with Gasteiger partial charge in [0.1, 0.15) is 5.54 Å². The Kier molecular flexibility index (Phi) is 5.05. The van der Waals surface area contributed by atoms with Crippen LogP contribution >= 0.6 is 11.3 Å². The molecule has 0 N–H and O–H groups in total. The maximum absolute atomic E-state index is 12.8. The summed E-state index contributed by atoms with van der Waals surface area (Å²) in [5.74, 6) is 0.179. The van der Waals surface area contributed by atoms with Crippen molar-refractivity contribution in [2.75, 3.05) is 26.7 Å². The van der Waals surface area contributed by atoms with Crippen molar-refractivity contribution in [2.24, 2.45) is 5.92 Å². The molecule has 7 nitrogen and oxygen atoms in total. The molecule has 3 heterocycles. The van der Waals surface area contributed by atoms with Gasteiger partial charge in [0.25, 0.3) is 5.91 Å². The number of likely N-dealkylation sites (N-methyl/N-ethyl adjacent to an activating group) is 1. The average Bonchev–Trinajstić information content (AvgIpc) is 3.07. The highest BCUT2D eigenvalue weighted by Gasteiger charge is 2.57. The van der Waals surface area contributed by atoms with Gasteiger partial charge in [0.15, 0.2) is 0 Å². The van der Waals surface area contributed by atoms with E-state index >= 15 is 0 Å². The summed E-state index contributed by atoms with van der Waals surface area (Å²) in [6.07, 6.45) is 1.28. The molecule has 2 saturated heterocycles. The Hall–Kier alpha value is -1.96. The topological polar surface area (TPSA) is 73.8 Å². The molecule has 0 radical (unpaired) electrons. The van der Waals surface area contributed by atoms with Gasteiger partial charge in [-0.25, -0.2) is 9.78 Å². The molecule has 2 aliphatic rings. The minimum atomic E-state index is -0.788. The summed E-state index contributed by atoms with van der Waals surface area (Å²) < 4.78 is 0. The maximum atomic E-state index is 12.8. The minimum Gasteiger partial charge on any atom is -0.342 e. The number of thiazole rings is 1. The molecule has 1 aromatic heterocycles. The zero-order valence-corrected chi connectivity index (χ0v) is 16.6. The number of carbonyl (C=O) groups is 3. The first-order valence-electron chi connectivity index (χ1n) is 9.03. The van der Waals surface area contributed by atoms with Crippen LogP contribution in [0.5, 0.6) is 0 Å². The van der Waals surface area contributed by atoms with Crippen molar-refractivity contribution in [1.82, 2.24) is 19.7 Å². The monoisotopic (exact) mass is 378 g/mol. The second-order valence-corrected chi connectivity index (χ2v) is 8.66. The molecular formula is C18H26N4O3S. The number of imide groups is 1. The van der Waals surface area contributed by atoms with Gasteiger partial charge in [0, 0.05) is 32.1 Å². The van der Waals surface area contributed by atoms with Gasteiger partial charge in [-0.05, 0) is 25.7 Å². The third-order valence-electron chi connectivity index (χ3n) is 5.23. The number of rotatable bonds is 4. The number of urea groups is 1. The van der Waals surface area contributed by atoms with Crippen molar-refractivity contribution in [3.05, 3.63) is 16.1 Å². The molecule has 0 atom stereocenters. The zero-order valence-electron chi connectivity index (χ0n) is 15.8. The van der Waals surface area contributed by atoms with E-state index in [-0.39, 0.29) is 23.8 Å². The Balaban J connectivity index is 1.70. The molecule has 0 bridgehead atoms. The second kappa shape index (κ2) is 6.98. The molecule has 2 aliphatic heterocycles. The first-order chi connectivity index (χ1) is 12.2. The highest BCUT2D eigenvalue weighted by molar-refractivity contribution is 7.09. The third-order valence-corrected chi connectivity index (χ3v) is 6.05. The second-order valence-electron chi connectivity index (χ2n) is 7.60. The number of nitrogens with zero attached hydrogens (tertiary/aromatic N) is 4. The van der Waals surface area contributed by atoms with E-state index in [1.807, 2.05) is 26.2 Å². The first kappa shape index (κ1) is 18.8. The molecular weight excluding hydrogens is 352 g/mol. The van der Waals surface area contributed by atoms with Crippen LogP contribution < -0.4 is 0 Å². The highest BCUT2D eigenvalue weighted by Crippen LogP contribution is 2.37. The van der Waals surface area contributed by atoms with Crippen LogP contribution in [0.2, 0.25) is 0 Å². The van der Waals surface area contributed by atoms with Gasteiger partial charge >= 0.3 is 6.03 Å². The predicted molar refractivity (Wildman–Crippen MR) is 98.8 cm³/mol. The van der Waals surface area contributed by atoms with Crippen LogP contribution in [-0.2, 0) is 16.0 Å². The van der Waals surface area contributed by atoms with E-state index in [1.165, 1.54) is 16.2 Å². The third kappa shape index (κ3) is 3.22. The van der Waals surface area contributed by atoms with Crippen LogP contribution in [0.4, 0.5) is 4.79 Å². The highest BCUT2D eigenvalue weighted by atomic mass is 32.1. The molecule has 2 fully saturated rings. The van der Waals surface area contributed by atoms with Gasteiger partial charge in [-0.3, -0.25) is 14.5 Å². The largest absolute Gasteiger partial charge is 0.342 e. The van der Waals surface area contributed by atoms with Crippen molar-refractivity contribution < 1.29 is 14.4 Å². The van der Waals surface area contributed by atoms with E-state index in [4.69, 9.17) is 0 Å². The van der Waals surface area contributed by atoms with E-state index in [2.05, 4.69) is 4.98 Å². The molecule has 3 rings (SSSR count). The van der Waals surface area contributed by atoms with Gasteiger partial charge in [0.05, 0.1) is 17.1 Å². The first-order valence-corrected chi connectivity index (χ1v) is 9.91. The quantitative estimate of drug-likeness (QED) is 0.750. The lowest BCUT2D eigenvalue weighted by Crippen LogP contribution is -2.58. The molecule has 0 unspecified atom stereocenters. The molecule has 8 heteroatoms. The van der Waals surface area contributed by atoms with Crippen LogP contribution in [0, 0.1) is 12.8 Å². The fraction of sp³-hybridized carbons (Fsp3) is 0.667. The fourth-order valence-electron chi connectivity index (χ4n) is 3.86. The van der Waals surface area contributed by atoms with E-state index in [9.17, 15) is 14.4 Å². The predicted octanol–water partition coefficient (Wildman–Crippen LogP) is 1.91. The van der Waals surface area contributed by atoms with E-state index < -0.39 is 5.54 Å². The summed E-state index contributed by atoms with van der Waals surface area (Å²) in [6, 6.07) is -0.221. The number of aromatic nitrogens is 1. The lowest BCUT2D eigenvalue weighted by molar-refractivity contribution is -0.140. The molecule has 4 amide bonds. The standard InChI is InChI=1S/C18H26N4O3S/c1-12(2)10-22-17(25)20(4)16(24)18(22)5-7-21(8-6-18)15(23)9-14-11-26-13(3)19-14/h11-12H,5-10H2,1-4H3. The number of aryl methyl sites for hydroxylation is 1. The van der Waals surface area contributed by atoms with Crippen molar-refractivity contribution in [2.45, 2.75) is 45.6 Å². The number of amides is 4. The Morgan fingerprint density at radius 2 is 1.96 bits per heavy atom. The molecule has 1 spiro atoms. The van der Waals surface area contributed by atoms with Crippen LogP contribution in [-0.4, -0.2) is 69.8 Å². The van der Waals surface area contributed by atoms with Crippen molar-refractivity contribution >= 4 is 29.2 Å². The average molecular weight is 378 g/mol. The molecule has 0 aliphatic carbocycles. The molecule has 0 saturated carbocycles. The van der Waals surface area contributed by atoms with Crippen molar-refractivity contribution in [1.29, 1.82) is 0 Å². The Morgan fingerprint density at radius 3 is 2.50 bits per heavy atom. The number of piperidine rings is 1. The Bertz CT molecular complexity index is 722. The van der Waals surface area contributed by atoms with Gasteiger partial charge in [-0.1, -0.05) is 13.8 Å². The summed E-state index contributed by atoms with van der Waals surface area (Å²) in [5, 5.41) is 2.87. The lowest BCUT2D eigenvalue weighted by atomic mass is 9.85. The summed E-state index contributed by atoms with van der Waals surface area (Å²) >= 11 is 1.54. The van der Waals surface area contributed by atoms with Gasteiger partial charge in [-0.2, -0.15) is 0 Å². The van der Waals surface area contributed by atoms with Crippen LogP contribution in [0.3, 0.4) is 0 Å². The number of likely N-dealkylation sites (tertiary alicyclic amines) is 1. The van der Waals surface area contributed by atoms with Crippen LogP contribution in [0.1, 0.15) is 37.4 Å². The van der Waals surface area contributed by atoms with E-state index in [1.54, 1.807) is 16.8 Å². The summed E-state index contributed by atoms with van der Waals surface area (Å²) in [4.78, 5) is 47.0. The zero-order chi connectivity index (χ0) is 19.1. The molecule has 1 aromatic rings. The van der Waals surface area contributed by atoms with Crippen LogP contribution in [0.15, 0.2) is 5.38 Å². The summed E-state index contributed by atoms with van der Waals surface area (Å²) in [6.45, 7) is 7.54. The van der Waals surface area contributed by atoms with Crippen molar-refractivity contribution in [3.8, 4) is 0 Å². The summed E-state index contributed by atoms with van der Waals surface area (Å²) in [5.41, 5.74) is 0.00969. The maximum Gasteiger partial charge on any atom is 0.327 e. The smallest absolute Gasteiger partial charge is 0.327 e.